The third-order valence-electron chi connectivity index (χ3n) is 4.35. The van der Waals surface area contributed by atoms with Gasteiger partial charge in [-0.3, -0.25) is 4.79 Å². The van der Waals surface area contributed by atoms with Crippen molar-refractivity contribution in [2.75, 3.05) is 31.1 Å². The molecule has 1 saturated heterocycles. The highest BCUT2D eigenvalue weighted by Gasteiger charge is 2.33. The van der Waals surface area contributed by atoms with E-state index in [0.29, 0.717) is 38.5 Å². The Kier molecular flexibility index (Phi) is 5.39. The van der Waals surface area contributed by atoms with Gasteiger partial charge in [-0.1, -0.05) is 18.2 Å². The molecule has 0 unspecified atom stereocenters. The van der Waals surface area contributed by atoms with Crippen LogP contribution in [0.3, 0.4) is 0 Å². The second kappa shape index (κ2) is 7.72. The fraction of sp³-hybridized carbons (Fsp3) is 0.389. The Hall–Kier alpha value is -2.64. The van der Waals surface area contributed by atoms with Crippen LogP contribution in [0, 0.1) is 0 Å². The summed E-state index contributed by atoms with van der Waals surface area (Å²) in [5.74, 6) is 0.307. The van der Waals surface area contributed by atoms with Crippen LogP contribution in [0.15, 0.2) is 42.7 Å². The highest BCUT2D eigenvalue weighted by molar-refractivity contribution is 5.79. The van der Waals surface area contributed by atoms with Gasteiger partial charge in [-0.15, -0.1) is 0 Å². The zero-order valence-corrected chi connectivity index (χ0v) is 14.1. The highest BCUT2D eigenvalue weighted by Crippen LogP contribution is 2.32. The summed E-state index contributed by atoms with van der Waals surface area (Å²) in [6, 6.07) is 6.96. The van der Waals surface area contributed by atoms with Crippen LogP contribution in [0.5, 0.6) is 0 Å². The normalized spacial score (nSPS) is 15.7. The maximum atomic E-state index is 13.1. The predicted octanol–water partition coefficient (Wildman–Crippen LogP) is 2.78. The molecule has 1 amide bonds. The van der Waals surface area contributed by atoms with Crippen molar-refractivity contribution in [2.45, 2.75) is 19.0 Å². The first-order valence-corrected chi connectivity index (χ1v) is 8.40. The molecule has 2 heterocycles. The van der Waals surface area contributed by atoms with E-state index in [4.69, 9.17) is 0 Å². The van der Waals surface area contributed by atoms with E-state index in [2.05, 4.69) is 9.97 Å². The summed E-state index contributed by atoms with van der Waals surface area (Å²) in [6.45, 7) is 2.20. The molecule has 1 fully saturated rings. The van der Waals surface area contributed by atoms with Gasteiger partial charge in [-0.05, 0) is 24.1 Å². The summed E-state index contributed by atoms with van der Waals surface area (Å²) in [5, 5.41) is 0. The van der Waals surface area contributed by atoms with Gasteiger partial charge in [0.2, 0.25) is 11.9 Å². The number of carbonyl (C=O) groups excluding carboxylic acids is 1. The number of rotatable bonds is 3. The lowest BCUT2D eigenvalue weighted by Crippen LogP contribution is -2.36. The summed E-state index contributed by atoms with van der Waals surface area (Å²) >= 11 is 0. The van der Waals surface area contributed by atoms with Crippen LogP contribution in [0.4, 0.5) is 19.1 Å². The first kappa shape index (κ1) is 18.2. The van der Waals surface area contributed by atoms with E-state index >= 15 is 0 Å². The maximum Gasteiger partial charge on any atom is 0.416 e. The molecule has 1 aromatic heterocycles. The predicted molar refractivity (Wildman–Crippen MR) is 90.6 cm³/mol. The Balaban J connectivity index is 1.66. The van der Waals surface area contributed by atoms with E-state index in [-0.39, 0.29) is 17.9 Å². The highest BCUT2D eigenvalue weighted by atomic mass is 19.4. The van der Waals surface area contributed by atoms with Gasteiger partial charge in [0.1, 0.15) is 0 Å². The van der Waals surface area contributed by atoms with E-state index in [9.17, 15) is 18.0 Å². The number of amides is 1. The Morgan fingerprint density at radius 1 is 1.00 bits per heavy atom. The molecule has 0 radical (unpaired) electrons. The lowest BCUT2D eigenvalue weighted by atomic mass is 10.0. The number of aromatic nitrogens is 2. The summed E-state index contributed by atoms with van der Waals surface area (Å²) in [4.78, 5) is 24.6. The molecule has 0 atom stereocenters. The van der Waals surface area contributed by atoms with E-state index in [0.717, 1.165) is 6.07 Å². The Morgan fingerprint density at radius 3 is 2.46 bits per heavy atom. The van der Waals surface area contributed by atoms with Gasteiger partial charge in [0.15, 0.2) is 0 Å². The SMILES string of the molecule is O=C(Cc1ccccc1C(F)(F)F)N1CCCN(c2ncccn2)CC1. The Labute approximate surface area is 149 Å². The zero-order chi connectivity index (χ0) is 18.6. The molecule has 1 aliphatic rings. The molecule has 0 N–H and O–H groups in total. The number of nitrogens with zero attached hydrogens (tertiary/aromatic N) is 4. The molecule has 5 nitrogen and oxygen atoms in total. The molecule has 3 rings (SSSR count). The van der Waals surface area contributed by atoms with E-state index < -0.39 is 11.7 Å². The average molecular weight is 364 g/mol. The van der Waals surface area contributed by atoms with Gasteiger partial charge in [0, 0.05) is 38.6 Å². The van der Waals surface area contributed by atoms with Crippen molar-refractivity contribution in [2.24, 2.45) is 0 Å². The number of anilines is 1. The molecule has 1 aromatic carbocycles. The molecule has 1 aliphatic heterocycles. The smallest absolute Gasteiger partial charge is 0.341 e. The van der Waals surface area contributed by atoms with Crippen molar-refractivity contribution in [1.82, 2.24) is 14.9 Å². The van der Waals surface area contributed by atoms with Crippen LogP contribution in [0.2, 0.25) is 0 Å². The number of halogens is 3. The van der Waals surface area contributed by atoms with Crippen molar-refractivity contribution in [1.29, 1.82) is 0 Å². The van der Waals surface area contributed by atoms with Gasteiger partial charge in [0.05, 0.1) is 12.0 Å². The summed E-state index contributed by atoms with van der Waals surface area (Å²) in [6.07, 6.45) is -0.687. The standard InChI is InChI=1S/C18H19F3N4O/c19-18(20,21)15-6-2-1-5-14(15)13-16(26)24-9-4-10-25(12-11-24)17-22-7-3-8-23-17/h1-3,5-8H,4,9-13H2. The summed E-state index contributed by atoms with van der Waals surface area (Å²) in [7, 11) is 0. The number of carbonyl (C=O) groups is 1. The molecule has 0 aliphatic carbocycles. The Bertz CT molecular complexity index is 752. The molecule has 0 spiro atoms. The molecule has 0 saturated carbocycles. The summed E-state index contributed by atoms with van der Waals surface area (Å²) < 4.78 is 39.3. The Morgan fingerprint density at radius 2 is 1.73 bits per heavy atom. The summed E-state index contributed by atoms with van der Waals surface area (Å²) in [5.41, 5.74) is -0.736. The largest absolute Gasteiger partial charge is 0.416 e. The molecular formula is C18H19F3N4O. The van der Waals surface area contributed by atoms with Crippen LogP contribution < -0.4 is 4.90 Å². The van der Waals surface area contributed by atoms with E-state index in [1.165, 1.54) is 18.2 Å². The molecule has 2 aromatic rings. The lowest BCUT2D eigenvalue weighted by molar-refractivity contribution is -0.138. The van der Waals surface area contributed by atoms with Crippen LogP contribution in [0.25, 0.3) is 0 Å². The first-order valence-electron chi connectivity index (χ1n) is 8.40. The van der Waals surface area contributed by atoms with Gasteiger partial charge in [0.25, 0.3) is 0 Å². The van der Waals surface area contributed by atoms with Crippen molar-refractivity contribution in [3.05, 3.63) is 53.9 Å². The van der Waals surface area contributed by atoms with Gasteiger partial charge in [-0.2, -0.15) is 13.2 Å². The van der Waals surface area contributed by atoms with Crippen LogP contribution >= 0.6 is 0 Å². The average Bonchev–Trinajstić information content (AvgIpc) is 2.88. The van der Waals surface area contributed by atoms with Gasteiger partial charge >= 0.3 is 6.18 Å². The van der Waals surface area contributed by atoms with Crippen LogP contribution in [-0.4, -0.2) is 47.0 Å². The molecule has 138 valence electrons. The van der Waals surface area contributed by atoms with Gasteiger partial charge in [-0.25, -0.2) is 9.97 Å². The van der Waals surface area contributed by atoms with Crippen molar-refractivity contribution in [3.63, 3.8) is 0 Å². The fourth-order valence-corrected chi connectivity index (χ4v) is 3.05. The van der Waals surface area contributed by atoms with Crippen molar-refractivity contribution < 1.29 is 18.0 Å². The van der Waals surface area contributed by atoms with Crippen LogP contribution in [-0.2, 0) is 17.4 Å². The minimum atomic E-state index is -4.46. The van der Waals surface area contributed by atoms with E-state index in [1.54, 1.807) is 23.4 Å². The molecule has 0 bridgehead atoms. The number of hydrogen-bond acceptors (Lipinski definition) is 4. The second-order valence-electron chi connectivity index (χ2n) is 6.10. The van der Waals surface area contributed by atoms with E-state index in [1.807, 2.05) is 4.90 Å². The molecule has 8 heteroatoms. The molecule has 26 heavy (non-hydrogen) atoms. The number of benzene rings is 1. The third kappa shape index (κ3) is 4.30. The number of alkyl halides is 3. The van der Waals surface area contributed by atoms with Crippen molar-refractivity contribution >= 4 is 11.9 Å². The number of hydrogen-bond donors (Lipinski definition) is 0. The third-order valence-corrected chi connectivity index (χ3v) is 4.35. The molecular weight excluding hydrogens is 345 g/mol. The minimum Gasteiger partial charge on any atom is -0.341 e. The maximum absolute atomic E-state index is 13.1. The van der Waals surface area contributed by atoms with Crippen molar-refractivity contribution in [3.8, 4) is 0 Å². The topological polar surface area (TPSA) is 49.3 Å². The fourth-order valence-electron chi connectivity index (χ4n) is 3.05. The zero-order valence-electron chi connectivity index (χ0n) is 14.1. The van der Waals surface area contributed by atoms with Gasteiger partial charge < -0.3 is 9.80 Å². The van der Waals surface area contributed by atoms with Crippen LogP contribution in [0.1, 0.15) is 17.5 Å². The second-order valence-corrected chi connectivity index (χ2v) is 6.10. The lowest BCUT2D eigenvalue weighted by Gasteiger charge is -2.22. The monoisotopic (exact) mass is 364 g/mol. The first-order chi connectivity index (χ1) is 12.4. The quantitative estimate of drug-likeness (QED) is 0.840. The minimum absolute atomic E-state index is 0.0116.